The molecule has 0 aliphatic carbocycles. The van der Waals surface area contributed by atoms with Gasteiger partial charge in [-0.2, -0.15) is 0 Å². The highest BCUT2D eigenvalue weighted by atomic mass is 19.1. The molecule has 0 saturated carbocycles. The van der Waals surface area contributed by atoms with Gasteiger partial charge in [0.15, 0.2) is 5.78 Å². The molecule has 1 fully saturated rings. The number of hydrogen-bond acceptors (Lipinski definition) is 3. The van der Waals surface area contributed by atoms with E-state index >= 15 is 0 Å². The van der Waals surface area contributed by atoms with Crippen molar-refractivity contribution in [2.45, 2.75) is 6.42 Å². The fourth-order valence-corrected chi connectivity index (χ4v) is 1.71. The van der Waals surface area contributed by atoms with Crippen LogP contribution < -0.4 is 0 Å². The van der Waals surface area contributed by atoms with Gasteiger partial charge in [0, 0.05) is 12.0 Å². The predicted molar refractivity (Wildman–Crippen MR) is 54.7 cm³/mol. The maximum atomic E-state index is 12.9. The van der Waals surface area contributed by atoms with Crippen molar-refractivity contribution in [1.82, 2.24) is 0 Å². The van der Waals surface area contributed by atoms with Crippen LogP contribution in [0.15, 0.2) is 24.3 Å². The first-order valence-corrected chi connectivity index (χ1v) is 5.09. The van der Waals surface area contributed by atoms with Gasteiger partial charge in [-0.3, -0.25) is 9.59 Å². The van der Waals surface area contributed by atoms with Crippen LogP contribution in [0.25, 0.3) is 0 Å². The summed E-state index contributed by atoms with van der Waals surface area (Å²) in [5, 5.41) is 0. The van der Waals surface area contributed by atoms with Crippen LogP contribution in [0.3, 0.4) is 0 Å². The normalized spacial score (nSPS) is 20.8. The first-order valence-electron chi connectivity index (χ1n) is 5.09. The minimum absolute atomic E-state index is 0.105. The van der Waals surface area contributed by atoms with Gasteiger partial charge in [-0.15, -0.1) is 0 Å². The van der Waals surface area contributed by atoms with Gasteiger partial charge in [0.25, 0.3) is 0 Å². The number of carbonyl (C=O) groups is 2. The van der Waals surface area contributed by atoms with Crippen LogP contribution in [0.4, 0.5) is 4.39 Å². The Labute approximate surface area is 92.2 Å². The highest BCUT2D eigenvalue weighted by Gasteiger charge is 2.30. The molecular formula is C12H11FO3. The molecule has 1 aliphatic heterocycles. The van der Waals surface area contributed by atoms with E-state index in [1.807, 2.05) is 0 Å². The molecule has 2 rings (SSSR count). The molecule has 1 aromatic carbocycles. The summed E-state index contributed by atoms with van der Waals surface area (Å²) in [4.78, 5) is 23.4. The number of benzene rings is 1. The maximum Gasteiger partial charge on any atom is 0.175 e. The number of Topliss-reactive ketones (excluding diaryl/α,β-unsaturated/α-hetero) is 2. The molecule has 1 atom stereocenters. The zero-order valence-electron chi connectivity index (χ0n) is 8.61. The molecule has 3 nitrogen and oxygen atoms in total. The van der Waals surface area contributed by atoms with Crippen molar-refractivity contribution in [3.05, 3.63) is 35.6 Å². The molecule has 0 aromatic heterocycles. The van der Waals surface area contributed by atoms with Crippen molar-refractivity contribution in [1.29, 1.82) is 0 Å². The third-order valence-electron chi connectivity index (χ3n) is 2.59. The largest absolute Gasteiger partial charge is 0.380 e. The SMILES string of the molecule is O=C1CCOCC1C(=O)c1cccc(F)c1. The van der Waals surface area contributed by atoms with Crippen LogP contribution >= 0.6 is 0 Å². The smallest absolute Gasteiger partial charge is 0.175 e. The first kappa shape index (κ1) is 11.0. The topological polar surface area (TPSA) is 43.4 Å². The van der Waals surface area contributed by atoms with E-state index < -0.39 is 11.7 Å². The zero-order valence-corrected chi connectivity index (χ0v) is 8.61. The zero-order chi connectivity index (χ0) is 11.5. The van der Waals surface area contributed by atoms with Crippen molar-refractivity contribution < 1.29 is 18.7 Å². The van der Waals surface area contributed by atoms with Crippen molar-refractivity contribution in [3.63, 3.8) is 0 Å². The third-order valence-corrected chi connectivity index (χ3v) is 2.59. The Kier molecular flexibility index (Phi) is 3.10. The number of halogens is 1. The number of ketones is 2. The Hall–Kier alpha value is -1.55. The number of carbonyl (C=O) groups excluding carboxylic acids is 2. The van der Waals surface area contributed by atoms with Crippen LogP contribution in [-0.2, 0) is 9.53 Å². The van der Waals surface area contributed by atoms with E-state index in [0.717, 1.165) is 6.07 Å². The van der Waals surface area contributed by atoms with Gasteiger partial charge in [-0.1, -0.05) is 12.1 Å². The summed E-state index contributed by atoms with van der Waals surface area (Å²) >= 11 is 0. The summed E-state index contributed by atoms with van der Waals surface area (Å²) in [6.45, 7) is 0.472. The lowest BCUT2D eigenvalue weighted by Crippen LogP contribution is -2.33. The summed E-state index contributed by atoms with van der Waals surface area (Å²) in [6.07, 6.45) is 0.256. The van der Waals surface area contributed by atoms with E-state index in [4.69, 9.17) is 4.74 Å². The monoisotopic (exact) mass is 222 g/mol. The molecule has 1 saturated heterocycles. The van der Waals surface area contributed by atoms with E-state index in [1.165, 1.54) is 18.2 Å². The van der Waals surface area contributed by atoms with E-state index in [0.29, 0.717) is 6.61 Å². The molecule has 1 heterocycles. The van der Waals surface area contributed by atoms with Crippen molar-refractivity contribution >= 4 is 11.6 Å². The van der Waals surface area contributed by atoms with Gasteiger partial charge in [0.2, 0.25) is 0 Å². The Balaban J connectivity index is 2.21. The highest BCUT2D eigenvalue weighted by molar-refractivity contribution is 6.11. The lowest BCUT2D eigenvalue weighted by atomic mass is 9.91. The summed E-state index contributed by atoms with van der Waals surface area (Å²) in [6, 6.07) is 5.37. The Morgan fingerprint density at radius 1 is 1.44 bits per heavy atom. The minimum atomic E-state index is -0.768. The Morgan fingerprint density at radius 3 is 2.94 bits per heavy atom. The second-order valence-corrected chi connectivity index (χ2v) is 3.72. The molecule has 0 radical (unpaired) electrons. The second kappa shape index (κ2) is 4.53. The van der Waals surface area contributed by atoms with E-state index in [2.05, 4.69) is 0 Å². The molecule has 1 aromatic rings. The Bertz CT molecular complexity index is 428. The molecule has 4 heteroatoms. The highest BCUT2D eigenvalue weighted by Crippen LogP contribution is 2.16. The third kappa shape index (κ3) is 2.17. The summed E-state index contributed by atoms with van der Waals surface area (Å²) in [5.74, 6) is -1.73. The molecule has 84 valence electrons. The maximum absolute atomic E-state index is 12.9. The lowest BCUT2D eigenvalue weighted by molar-refractivity contribution is -0.128. The Morgan fingerprint density at radius 2 is 2.25 bits per heavy atom. The molecule has 0 spiro atoms. The van der Waals surface area contributed by atoms with Crippen LogP contribution in [0, 0.1) is 11.7 Å². The molecule has 0 bridgehead atoms. The molecule has 0 N–H and O–H groups in total. The quantitative estimate of drug-likeness (QED) is 0.564. The van der Waals surface area contributed by atoms with Crippen molar-refractivity contribution in [2.24, 2.45) is 5.92 Å². The lowest BCUT2D eigenvalue weighted by Gasteiger charge is -2.19. The average molecular weight is 222 g/mol. The standard InChI is InChI=1S/C12H11FO3/c13-9-3-1-2-8(6-9)12(15)10-7-16-5-4-11(10)14/h1-3,6,10H,4-5,7H2. The van der Waals surface area contributed by atoms with E-state index in [1.54, 1.807) is 0 Å². The van der Waals surface area contributed by atoms with Crippen LogP contribution in [0.1, 0.15) is 16.8 Å². The number of ether oxygens (including phenoxy) is 1. The van der Waals surface area contributed by atoms with Gasteiger partial charge in [0.1, 0.15) is 17.5 Å². The molecule has 16 heavy (non-hydrogen) atoms. The van der Waals surface area contributed by atoms with Crippen LogP contribution in [-0.4, -0.2) is 24.8 Å². The average Bonchev–Trinajstić information content (AvgIpc) is 2.29. The van der Waals surface area contributed by atoms with Gasteiger partial charge < -0.3 is 4.74 Å². The van der Waals surface area contributed by atoms with Crippen LogP contribution in [0.2, 0.25) is 0 Å². The summed E-state index contributed by atoms with van der Waals surface area (Å²) in [7, 11) is 0. The van der Waals surface area contributed by atoms with E-state index in [-0.39, 0.29) is 30.2 Å². The number of rotatable bonds is 2. The first-order chi connectivity index (χ1) is 7.68. The van der Waals surface area contributed by atoms with Gasteiger partial charge in [0.05, 0.1) is 13.2 Å². The van der Waals surface area contributed by atoms with Crippen molar-refractivity contribution in [3.8, 4) is 0 Å². The van der Waals surface area contributed by atoms with E-state index in [9.17, 15) is 14.0 Å². The van der Waals surface area contributed by atoms with Gasteiger partial charge >= 0.3 is 0 Å². The summed E-state index contributed by atoms with van der Waals surface area (Å²) < 4.78 is 18.0. The molecular weight excluding hydrogens is 211 g/mol. The minimum Gasteiger partial charge on any atom is -0.380 e. The molecule has 1 aliphatic rings. The summed E-state index contributed by atoms with van der Waals surface area (Å²) in [5.41, 5.74) is 0.226. The molecule has 0 amide bonds. The predicted octanol–water partition coefficient (Wildman–Crippen LogP) is 1.61. The van der Waals surface area contributed by atoms with Gasteiger partial charge in [-0.05, 0) is 12.1 Å². The fourth-order valence-electron chi connectivity index (χ4n) is 1.71. The number of hydrogen-bond donors (Lipinski definition) is 0. The van der Waals surface area contributed by atoms with Gasteiger partial charge in [-0.25, -0.2) is 4.39 Å². The second-order valence-electron chi connectivity index (χ2n) is 3.72. The van der Waals surface area contributed by atoms with Crippen molar-refractivity contribution in [2.75, 3.05) is 13.2 Å². The fraction of sp³-hybridized carbons (Fsp3) is 0.333. The molecule has 1 unspecified atom stereocenters. The van der Waals surface area contributed by atoms with Crippen LogP contribution in [0.5, 0.6) is 0 Å².